The first-order valence-electron chi connectivity index (χ1n) is 14.1. The number of nitrogens with zero attached hydrogens (tertiary/aromatic N) is 4. The maximum Gasteiger partial charge on any atom is 0.303 e. The van der Waals surface area contributed by atoms with Gasteiger partial charge in [-0.25, -0.2) is 19.1 Å². The molecule has 4 heterocycles. The van der Waals surface area contributed by atoms with Crippen molar-refractivity contribution < 1.29 is 8.83 Å². The Hall–Kier alpha value is -5.38. The molecule has 10 nitrogen and oxygen atoms in total. The SMILES string of the molecule is CCCNc1nc2c(oc3ccccc32)c(=O)n1-c1ccc(-n2c(NCCC)nc3c(oc4ccccc43)c2=O)cc1. The van der Waals surface area contributed by atoms with Crippen LogP contribution in [-0.2, 0) is 0 Å². The summed E-state index contributed by atoms with van der Waals surface area (Å²) in [5.41, 5.74) is 3.12. The molecule has 0 radical (unpaired) electrons. The molecule has 0 bridgehead atoms. The van der Waals surface area contributed by atoms with Gasteiger partial charge in [0.05, 0.1) is 11.4 Å². The Kier molecular flexibility index (Phi) is 6.23. The van der Waals surface area contributed by atoms with E-state index < -0.39 is 0 Å². The quantitative estimate of drug-likeness (QED) is 0.225. The van der Waals surface area contributed by atoms with Crippen LogP contribution in [0.25, 0.3) is 55.5 Å². The molecule has 4 aromatic heterocycles. The van der Waals surface area contributed by atoms with Gasteiger partial charge in [0.2, 0.25) is 23.1 Å². The van der Waals surface area contributed by atoms with Crippen LogP contribution in [0.5, 0.6) is 0 Å². The standard InChI is InChI=1S/C32H28N6O4/c1-3-17-33-31-35-25-21-9-5-7-11-23(21)41-27(25)29(39)37(31)19-13-15-20(16-14-19)38-30(40)28-26(36-32(38)34-18-4-2)22-10-6-8-12-24(22)42-28/h5-16H,3-4,17-18H2,1-2H3,(H,33,35)(H,34,36). The van der Waals surface area contributed by atoms with Crippen LogP contribution in [0.15, 0.2) is 91.2 Å². The highest BCUT2D eigenvalue weighted by Gasteiger charge is 2.21. The molecule has 210 valence electrons. The van der Waals surface area contributed by atoms with Crippen LogP contribution >= 0.6 is 0 Å². The highest BCUT2D eigenvalue weighted by molar-refractivity contribution is 6.03. The minimum Gasteiger partial charge on any atom is -0.448 e. The van der Waals surface area contributed by atoms with Crippen molar-refractivity contribution in [3.8, 4) is 11.4 Å². The highest BCUT2D eigenvalue weighted by Crippen LogP contribution is 2.29. The number of furan rings is 2. The van der Waals surface area contributed by atoms with E-state index in [1.54, 1.807) is 24.3 Å². The van der Waals surface area contributed by atoms with E-state index in [4.69, 9.17) is 18.8 Å². The molecule has 2 N–H and O–H groups in total. The van der Waals surface area contributed by atoms with Crippen LogP contribution < -0.4 is 21.8 Å². The van der Waals surface area contributed by atoms with Crippen LogP contribution in [0.1, 0.15) is 26.7 Å². The Labute approximate surface area is 239 Å². The molecule has 3 aromatic carbocycles. The van der Waals surface area contributed by atoms with Gasteiger partial charge in [0.25, 0.3) is 0 Å². The average molecular weight is 561 g/mol. The summed E-state index contributed by atoms with van der Waals surface area (Å²) < 4.78 is 14.9. The molecule has 0 saturated heterocycles. The third-order valence-corrected chi connectivity index (χ3v) is 7.22. The van der Waals surface area contributed by atoms with Crippen molar-refractivity contribution in [3.63, 3.8) is 0 Å². The van der Waals surface area contributed by atoms with E-state index in [1.165, 1.54) is 9.13 Å². The normalized spacial score (nSPS) is 11.7. The van der Waals surface area contributed by atoms with E-state index in [2.05, 4.69) is 10.6 Å². The molecule has 0 atom stereocenters. The number of benzene rings is 3. The second-order valence-electron chi connectivity index (χ2n) is 10.1. The summed E-state index contributed by atoms with van der Waals surface area (Å²) in [5.74, 6) is 0.836. The van der Waals surface area contributed by atoms with Gasteiger partial charge in [-0.05, 0) is 61.4 Å². The lowest BCUT2D eigenvalue weighted by Gasteiger charge is -2.16. The van der Waals surface area contributed by atoms with Crippen LogP contribution in [0.2, 0.25) is 0 Å². The number of aromatic nitrogens is 4. The minimum absolute atomic E-state index is 0.184. The van der Waals surface area contributed by atoms with Crippen molar-refractivity contribution >= 4 is 56.0 Å². The van der Waals surface area contributed by atoms with Gasteiger partial charge >= 0.3 is 11.1 Å². The average Bonchev–Trinajstić information content (AvgIpc) is 3.58. The smallest absolute Gasteiger partial charge is 0.303 e. The zero-order chi connectivity index (χ0) is 28.8. The fraction of sp³-hybridized carbons (Fsp3) is 0.188. The molecule has 0 fully saturated rings. The lowest BCUT2D eigenvalue weighted by atomic mass is 10.2. The predicted octanol–water partition coefficient (Wildman–Crippen LogP) is 6.22. The molecule has 0 unspecified atom stereocenters. The monoisotopic (exact) mass is 560 g/mol. The molecule has 7 aromatic rings. The number of hydrogen-bond donors (Lipinski definition) is 2. The molecule has 7 rings (SSSR count). The molecule has 0 aliphatic heterocycles. The first kappa shape index (κ1) is 25.6. The van der Waals surface area contributed by atoms with Crippen molar-refractivity contribution in [1.82, 2.24) is 19.1 Å². The molecule has 0 aliphatic carbocycles. The van der Waals surface area contributed by atoms with Gasteiger partial charge in [-0.3, -0.25) is 9.59 Å². The lowest BCUT2D eigenvalue weighted by Crippen LogP contribution is -2.25. The number of fused-ring (bicyclic) bond motifs is 6. The van der Waals surface area contributed by atoms with Crippen LogP contribution in [0.4, 0.5) is 11.9 Å². The summed E-state index contributed by atoms with van der Waals surface area (Å²) in [6, 6.07) is 22.1. The summed E-state index contributed by atoms with van der Waals surface area (Å²) in [4.78, 5) is 37.2. The van der Waals surface area contributed by atoms with Crippen LogP contribution in [0.3, 0.4) is 0 Å². The molecule has 42 heavy (non-hydrogen) atoms. The number of para-hydroxylation sites is 2. The van der Waals surface area contributed by atoms with Crippen molar-refractivity contribution in [1.29, 1.82) is 0 Å². The van der Waals surface area contributed by atoms with Crippen molar-refractivity contribution in [3.05, 3.63) is 93.5 Å². The van der Waals surface area contributed by atoms with E-state index in [-0.39, 0.29) is 22.3 Å². The van der Waals surface area contributed by atoms with Crippen molar-refractivity contribution in [2.24, 2.45) is 0 Å². The Bertz CT molecular complexity index is 2060. The van der Waals surface area contributed by atoms with Gasteiger partial charge in [0.1, 0.15) is 22.2 Å². The first-order valence-corrected chi connectivity index (χ1v) is 14.1. The lowest BCUT2D eigenvalue weighted by molar-refractivity contribution is 0.656. The van der Waals surface area contributed by atoms with Gasteiger partial charge in [-0.1, -0.05) is 38.1 Å². The summed E-state index contributed by atoms with van der Waals surface area (Å²) in [7, 11) is 0. The van der Waals surface area contributed by atoms with Crippen LogP contribution in [-0.4, -0.2) is 32.2 Å². The minimum atomic E-state index is -0.324. The third-order valence-electron chi connectivity index (χ3n) is 7.22. The van der Waals surface area contributed by atoms with Gasteiger partial charge in [-0.2, -0.15) is 0 Å². The van der Waals surface area contributed by atoms with Crippen molar-refractivity contribution in [2.75, 3.05) is 23.7 Å². The van der Waals surface area contributed by atoms with Crippen molar-refractivity contribution in [2.45, 2.75) is 26.7 Å². The van der Waals surface area contributed by atoms with E-state index in [9.17, 15) is 9.59 Å². The fourth-order valence-corrected chi connectivity index (χ4v) is 5.22. The predicted molar refractivity (Wildman–Crippen MR) is 165 cm³/mol. The number of rotatable bonds is 8. The van der Waals surface area contributed by atoms with Crippen LogP contribution in [0, 0.1) is 0 Å². The number of nitrogens with one attached hydrogen (secondary N) is 2. The summed E-state index contributed by atoms with van der Waals surface area (Å²) in [5, 5.41) is 8.15. The van der Waals surface area contributed by atoms with Gasteiger partial charge in [-0.15, -0.1) is 0 Å². The van der Waals surface area contributed by atoms with E-state index in [0.717, 1.165) is 23.6 Å². The molecular formula is C32H28N6O4. The van der Waals surface area contributed by atoms with Gasteiger partial charge in [0, 0.05) is 23.9 Å². The molecule has 0 amide bonds. The number of hydrogen-bond acceptors (Lipinski definition) is 8. The Morgan fingerprint density at radius 1 is 0.619 bits per heavy atom. The first-order chi connectivity index (χ1) is 20.6. The Balaban J connectivity index is 1.39. The maximum absolute atomic E-state index is 13.8. The molecule has 0 spiro atoms. The fourth-order valence-electron chi connectivity index (χ4n) is 5.22. The second-order valence-corrected chi connectivity index (χ2v) is 10.1. The molecular weight excluding hydrogens is 532 g/mol. The molecule has 0 aliphatic rings. The van der Waals surface area contributed by atoms with E-state index in [1.807, 2.05) is 62.4 Å². The molecule has 10 heteroatoms. The van der Waals surface area contributed by atoms with Gasteiger partial charge in [0.15, 0.2) is 0 Å². The van der Waals surface area contributed by atoms with E-state index >= 15 is 0 Å². The summed E-state index contributed by atoms with van der Waals surface area (Å²) >= 11 is 0. The highest BCUT2D eigenvalue weighted by atomic mass is 16.3. The maximum atomic E-state index is 13.8. The molecule has 0 saturated carbocycles. The largest absolute Gasteiger partial charge is 0.448 e. The summed E-state index contributed by atoms with van der Waals surface area (Å²) in [6.45, 7) is 5.36. The zero-order valence-electron chi connectivity index (χ0n) is 23.2. The third kappa shape index (κ3) is 4.02. The van der Waals surface area contributed by atoms with Gasteiger partial charge < -0.3 is 19.5 Å². The topological polar surface area (TPSA) is 120 Å². The second kappa shape index (κ2) is 10.2. The Morgan fingerprint density at radius 3 is 1.43 bits per heavy atom. The number of anilines is 2. The Morgan fingerprint density at radius 2 is 1.02 bits per heavy atom. The summed E-state index contributed by atoms with van der Waals surface area (Å²) in [6.07, 6.45) is 1.71. The van der Waals surface area contributed by atoms with E-state index in [0.29, 0.717) is 58.6 Å². The zero-order valence-corrected chi connectivity index (χ0v) is 23.2.